The van der Waals surface area contributed by atoms with E-state index in [0.29, 0.717) is 0 Å². The Kier molecular flexibility index (Phi) is 250. The number of hydrogen-bond donors (Lipinski definition) is 0. The number of halogens is 1. The number of alkyl halides is 1. The first-order chi connectivity index (χ1) is 37.5. The van der Waals surface area contributed by atoms with Gasteiger partial charge in [0.25, 0.3) is 0 Å². The molecular weight excluding hydrogens is 972 g/mol. The summed E-state index contributed by atoms with van der Waals surface area (Å²) in [5.41, 5.74) is 3.97. The van der Waals surface area contributed by atoms with Gasteiger partial charge in [0.15, 0.2) is 0 Å². The van der Waals surface area contributed by atoms with E-state index in [0.717, 1.165) is 5.88 Å². The fourth-order valence-electron chi connectivity index (χ4n) is 2.76. The van der Waals surface area contributed by atoms with Crippen molar-refractivity contribution in [1.29, 1.82) is 0 Å². The predicted octanol–water partition coefficient (Wildman–Crippen LogP) is 22.5. The molecule has 0 N–H and O–H groups in total. The zero-order chi connectivity index (χ0) is 63.7. The maximum atomic E-state index is 5.00. The van der Waals surface area contributed by atoms with Crippen LogP contribution in [0.1, 0.15) is 141 Å². The Morgan fingerprint density at radius 1 is 0.221 bits per heavy atom. The van der Waals surface area contributed by atoms with E-state index in [1.54, 1.807) is 85.3 Å². The van der Waals surface area contributed by atoms with Crippen LogP contribution in [-0.4, -0.2) is 91.2 Å². The SMILES string of the molecule is CC.CC.CC.CC.CC.CC.CC.CCC.CCCl.COC.COC.COC.COC.COC.COC.Cc1ccccc1.Cc1ccccc1.Cc1ccccc1.c1ccccc1.c1ccccc1.c1ccccc1. The molecule has 0 spiro atoms. The van der Waals surface area contributed by atoms with E-state index >= 15 is 0 Å². The van der Waals surface area contributed by atoms with Crippen molar-refractivity contribution in [2.45, 2.75) is 145 Å². The van der Waals surface area contributed by atoms with Gasteiger partial charge in [-0.25, -0.2) is 0 Å². The molecule has 7 heteroatoms. The van der Waals surface area contributed by atoms with Crippen molar-refractivity contribution in [3.63, 3.8) is 0 Å². The molecule has 0 aliphatic rings. The Morgan fingerprint density at radius 3 is 0.312 bits per heavy atom. The van der Waals surface area contributed by atoms with Crippen molar-refractivity contribution >= 4 is 11.6 Å². The largest absolute Gasteiger partial charge is 0.388 e. The van der Waals surface area contributed by atoms with Gasteiger partial charge in [0, 0.05) is 91.2 Å². The minimum absolute atomic E-state index is 0.722. The van der Waals surface area contributed by atoms with Crippen molar-refractivity contribution in [2.24, 2.45) is 0 Å². The second kappa shape index (κ2) is 172. The van der Waals surface area contributed by atoms with Crippen LogP contribution < -0.4 is 0 Å². The van der Waals surface area contributed by atoms with Gasteiger partial charge in [-0.05, 0) is 20.8 Å². The maximum absolute atomic E-state index is 5.00. The van der Waals surface area contributed by atoms with Gasteiger partial charge in [-0.15, -0.1) is 11.6 Å². The second-order valence-corrected chi connectivity index (χ2v) is 12.4. The molecule has 0 atom stereocenters. The van der Waals surface area contributed by atoms with Crippen molar-refractivity contribution in [2.75, 3.05) is 91.2 Å². The van der Waals surface area contributed by atoms with Crippen LogP contribution in [0.25, 0.3) is 0 Å². The van der Waals surface area contributed by atoms with E-state index in [4.69, 9.17) is 11.6 Å². The van der Waals surface area contributed by atoms with E-state index in [2.05, 4.69) is 99.4 Å². The quantitative estimate of drug-likeness (QED) is 0.141. The van der Waals surface area contributed by atoms with Crippen molar-refractivity contribution in [3.8, 4) is 0 Å². The first-order valence-corrected chi connectivity index (χ1v) is 28.1. The van der Waals surface area contributed by atoms with Crippen LogP contribution in [0.15, 0.2) is 200 Å². The van der Waals surface area contributed by atoms with Crippen molar-refractivity contribution in [3.05, 3.63) is 217 Å². The Morgan fingerprint density at radius 2 is 0.273 bits per heavy atom. The van der Waals surface area contributed by atoms with Crippen LogP contribution in [0.3, 0.4) is 0 Å². The van der Waals surface area contributed by atoms with Crippen molar-refractivity contribution in [1.82, 2.24) is 0 Å². The molecule has 0 heterocycles. The highest BCUT2D eigenvalue weighted by atomic mass is 35.5. The van der Waals surface area contributed by atoms with E-state index in [1.807, 2.05) is 268 Å². The zero-order valence-electron chi connectivity index (χ0n) is 56.8. The third kappa shape index (κ3) is 246. The van der Waals surface area contributed by atoms with E-state index in [1.165, 1.54) is 23.1 Å². The Balaban J connectivity index is -0.0000000412. The molecule has 456 valence electrons. The molecule has 6 aromatic carbocycles. The molecule has 6 aromatic rings. The van der Waals surface area contributed by atoms with Gasteiger partial charge in [-0.1, -0.05) is 341 Å². The van der Waals surface area contributed by atoms with Crippen LogP contribution in [0.2, 0.25) is 0 Å². The number of ether oxygens (including phenoxy) is 6. The Labute approximate surface area is 490 Å². The molecule has 0 amide bonds. The molecule has 77 heavy (non-hydrogen) atoms. The summed E-state index contributed by atoms with van der Waals surface area (Å²) >= 11 is 5.00. The maximum Gasteiger partial charge on any atom is 0.0351 e. The Hall–Kier alpha value is -4.63. The normalized spacial score (nSPS) is 6.66. The minimum Gasteiger partial charge on any atom is -0.388 e. The molecule has 6 rings (SSSR count). The van der Waals surface area contributed by atoms with Gasteiger partial charge < -0.3 is 28.4 Å². The number of methoxy groups -OCH3 is 6. The lowest BCUT2D eigenvalue weighted by atomic mass is 10.2. The summed E-state index contributed by atoms with van der Waals surface area (Å²) in [6.45, 7) is 40.4. The summed E-state index contributed by atoms with van der Waals surface area (Å²) in [4.78, 5) is 0. The molecular formula is C70H133ClO6. The molecule has 0 radical (unpaired) electrons. The average Bonchev–Trinajstić information content (AvgIpc) is 3.49. The van der Waals surface area contributed by atoms with Crippen LogP contribution in [0.4, 0.5) is 0 Å². The summed E-state index contributed by atoms with van der Waals surface area (Å²) < 4.78 is 25.5. The Bertz CT molecular complexity index is 1120. The molecule has 0 bridgehead atoms. The lowest BCUT2D eigenvalue weighted by molar-refractivity contribution is 0.277. The van der Waals surface area contributed by atoms with E-state index in [9.17, 15) is 0 Å². The second-order valence-electron chi connectivity index (χ2n) is 11.9. The third-order valence-corrected chi connectivity index (χ3v) is 4.82. The van der Waals surface area contributed by atoms with Gasteiger partial charge in [-0.2, -0.15) is 0 Å². The van der Waals surface area contributed by atoms with Gasteiger partial charge in [-0.3, -0.25) is 0 Å². The summed E-state index contributed by atoms with van der Waals surface area (Å²) in [5.74, 6) is 0.722. The smallest absolute Gasteiger partial charge is 0.0351 e. The van der Waals surface area contributed by atoms with Crippen LogP contribution in [0, 0.1) is 20.8 Å². The number of benzene rings is 6. The highest BCUT2D eigenvalue weighted by molar-refractivity contribution is 6.17. The standard InChI is InChI=1S/3C7H8.3C6H6.C3H8.C2H5Cl.6C2H6O.7C2H6/c3*1-7-5-3-2-4-6-7;3*1-2-4-6-5-3-1;1-3-2;1-2-3;6*1-3-2;7*1-2/h3*2-6H,1H3;3*1-6H;3H2,1-2H3;2H2,1H3;6*1-2H3;7*1-2H3. The lowest BCUT2D eigenvalue weighted by Crippen LogP contribution is -1.62. The van der Waals surface area contributed by atoms with Crippen LogP contribution in [-0.2, 0) is 28.4 Å². The monoisotopic (exact) mass is 1100 g/mol. The first-order valence-electron chi connectivity index (χ1n) is 27.5. The van der Waals surface area contributed by atoms with Crippen LogP contribution >= 0.6 is 11.6 Å². The fraction of sp³-hybridized carbons (Fsp3) is 0.486. The average molecular weight is 1110 g/mol. The predicted molar refractivity (Wildman–Crippen MR) is 362 cm³/mol. The first kappa shape index (κ1) is 112. The molecule has 0 saturated heterocycles. The minimum atomic E-state index is 0.722. The van der Waals surface area contributed by atoms with Gasteiger partial charge >= 0.3 is 0 Å². The highest BCUT2D eigenvalue weighted by Crippen LogP contribution is 1.93. The molecule has 0 aliphatic heterocycles. The molecule has 0 aliphatic carbocycles. The number of aryl methyl sites for hydroxylation is 3. The van der Waals surface area contributed by atoms with Gasteiger partial charge in [0.05, 0.1) is 0 Å². The summed E-state index contributed by atoms with van der Waals surface area (Å²) in [6.07, 6.45) is 1.25. The fourth-order valence-corrected chi connectivity index (χ4v) is 2.76. The number of hydrogen-bond acceptors (Lipinski definition) is 6. The van der Waals surface area contributed by atoms with Crippen LogP contribution in [0.5, 0.6) is 0 Å². The highest BCUT2D eigenvalue weighted by Gasteiger charge is 1.73. The van der Waals surface area contributed by atoms with E-state index < -0.39 is 0 Å². The molecule has 6 nitrogen and oxygen atoms in total. The van der Waals surface area contributed by atoms with Crippen molar-refractivity contribution < 1.29 is 28.4 Å². The number of rotatable bonds is 0. The molecule has 0 fully saturated rings. The summed E-state index contributed by atoms with van der Waals surface area (Å²) in [6, 6.07) is 66.8. The van der Waals surface area contributed by atoms with Gasteiger partial charge in [0.2, 0.25) is 0 Å². The summed E-state index contributed by atoms with van der Waals surface area (Å²) in [5, 5.41) is 0. The topological polar surface area (TPSA) is 55.4 Å². The lowest BCUT2D eigenvalue weighted by Gasteiger charge is -1.82. The van der Waals surface area contributed by atoms with E-state index in [-0.39, 0.29) is 0 Å². The molecule has 0 aromatic heterocycles. The molecule has 0 saturated carbocycles. The summed E-state index contributed by atoms with van der Waals surface area (Å²) in [7, 11) is 19.5. The molecule has 0 unspecified atom stereocenters. The van der Waals surface area contributed by atoms with Gasteiger partial charge in [0.1, 0.15) is 0 Å². The third-order valence-electron chi connectivity index (χ3n) is 4.82. The zero-order valence-corrected chi connectivity index (χ0v) is 57.6.